The molecule has 2 N–H and O–H groups in total. The number of aliphatic hydroxyl groups is 1. The van der Waals surface area contributed by atoms with Gasteiger partial charge < -0.3 is 14.9 Å². The molecule has 0 radical (unpaired) electrons. The number of anilines is 1. The van der Waals surface area contributed by atoms with Crippen molar-refractivity contribution in [1.82, 2.24) is 0 Å². The lowest BCUT2D eigenvalue weighted by Gasteiger charge is -2.27. The Morgan fingerprint density at radius 2 is 1.63 bits per heavy atom. The topological polar surface area (TPSA) is 104 Å². The van der Waals surface area contributed by atoms with Gasteiger partial charge >= 0.3 is 5.97 Å². The van der Waals surface area contributed by atoms with E-state index in [0.29, 0.717) is 23.4 Å². The number of aliphatic hydroxyl groups excluding tert-OH is 1. The summed E-state index contributed by atoms with van der Waals surface area (Å²) >= 11 is 0. The van der Waals surface area contributed by atoms with Crippen LogP contribution in [-0.4, -0.2) is 34.5 Å². The normalized spacial score (nSPS) is 16.1. The molecule has 0 fully saturated rings. The molecule has 1 amide bonds. The summed E-state index contributed by atoms with van der Waals surface area (Å²) in [5.74, 6) is -1.88. The zero-order valence-electron chi connectivity index (χ0n) is 16.8. The van der Waals surface area contributed by atoms with E-state index in [1.165, 1.54) is 17.0 Å². The molecule has 7 nitrogen and oxygen atoms in total. The van der Waals surface area contributed by atoms with Crippen molar-refractivity contribution in [1.29, 1.82) is 0 Å². The largest absolute Gasteiger partial charge is 0.508 e. The second-order valence-electron chi connectivity index (χ2n) is 6.86. The number of Topliss-reactive ketones (excluding diaryl/α,β-unsaturated/α-hetero) is 1. The van der Waals surface area contributed by atoms with Crippen LogP contribution in [0.2, 0.25) is 0 Å². The van der Waals surface area contributed by atoms with Crippen molar-refractivity contribution in [3.8, 4) is 5.75 Å². The first kappa shape index (κ1) is 21.1. The van der Waals surface area contributed by atoms with Crippen LogP contribution >= 0.6 is 0 Å². The SMILES string of the molecule is CCOC(=O)Cc1ccc(N2C(=O)C(O)=C(C(=O)CC)C2c2ccc(O)cc2)cc1. The monoisotopic (exact) mass is 409 g/mol. The minimum Gasteiger partial charge on any atom is -0.508 e. The Morgan fingerprint density at radius 1 is 1.00 bits per heavy atom. The quantitative estimate of drug-likeness (QED) is 0.680. The van der Waals surface area contributed by atoms with Gasteiger partial charge in [-0.15, -0.1) is 0 Å². The maximum Gasteiger partial charge on any atom is 0.310 e. The van der Waals surface area contributed by atoms with Crippen molar-refractivity contribution in [3.63, 3.8) is 0 Å². The van der Waals surface area contributed by atoms with E-state index in [-0.39, 0.29) is 35.9 Å². The Morgan fingerprint density at radius 3 is 2.20 bits per heavy atom. The van der Waals surface area contributed by atoms with E-state index < -0.39 is 17.7 Å². The van der Waals surface area contributed by atoms with Crippen LogP contribution in [-0.2, 0) is 25.5 Å². The molecule has 0 saturated carbocycles. The second-order valence-corrected chi connectivity index (χ2v) is 6.86. The molecule has 1 aliphatic rings. The van der Waals surface area contributed by atoms with Crippen molar-refractivity contribution in [2.75, 3.05) is 11.5 Å². The average molecular weight is 409 g/mol. The molecule has 1 aliphatic heterocycles. The van der Waals surface area contributed by atoms with E-state index in [1.54, 1.807) is 50.2 Å². The van der Waals surface area contributed by atoms with E-state index in [9.17, 15) is 24.6 Å². The first-order valence-electron chi connectivity index (χ1n) is 9.70. The van der Waals surface area contributed by atoms with Crippen LogP contribution in [0.3, 0.4) is 0 Å². The number of amides is 1. The molecule has 1 atom stereocenters. The Balaban J connectivity index is 1.99. The Bertz CT molecular complexity index is 991. The fraction of sp³-hybridized carbons (Fsp3) is 0.261. The number of ether oxygens (including phenoxy) is 1. The highest BCUT2D eigenvalue weighted by Gasteiger charge is 2.43. The molecular weight excluding hydrogens is 386 g/mol. The van der Waals surface area contributed by atoms with Gasteiger partial charge in [-0.05, 0) is 42.3 Å². The highest BCUT2D eigenvalue weighted by atomic mass is 16.5. The number of ketones is 1. The molecule has 0 saturated heterocycles. The van der Waals surface area contributed by atoms with Crippen LogP contribution < -0.4 is 4.90 Å². The molecule has 30 heavy (non-hydrogen) atoms. The second kappa shape index (κ2) is 8.82. The van der Waals surface area contributed by atoms with Crippen LogP contribution in [0.4, 0.5) is 5.69 Å². The highest BCUT2D eigenvalue weighted by Crippen LogP contribution is 2.41. The van der Waals surface area contributed by atoms with Crippen molar-refractivity contribution in [2.45, 2.75) is 32.7 Å². The fourth-order valence-electron chi connectivity index (χ4n) is 3.47. The number of phenols is 1. The van der Waals surface area contributed by atoms with Gasteiger partial charge in [-0.2, -0.15) is 0 Å². The molecular formula is C23H23NO6. The molecule has 2 aromatic carbocycles. The third kappa shape index (κ3) is 4.05. The smallest absolute Gasteiger partial charge is 0.310 e. The highest BCUT2D eigenvalue weighted by molar-refractivity contribution is 6.16. The van der Waals surface area contributed by atoms with Crippen LogP contribution in [0.1, 0.15) is 37.4 Å². The van der Waals surface area contributed by atoms with E-state index in [4.69, 9.17) is 4.74 Å². The molecule has 2 aromatic rings. The van der Waals surface area contributed by atoms with Crippen molar-refractivity contribution in [3.05, 3.63) is 71.0 Å². The third-order valence-electron chi connectivity index (χ3n) is 4.91. The minimum atomic E-state index is -0.818. The molecule has 0 aromatic heterocycles. The lowest BCUT2D eigenvalue weighted by Crippen LogP contribution is -2.31. The number of hydrogen-bond donors (Lipinski definition) is 2. The molecule has 1 unspecified atom stereocenters. The Labute approximate surface area is 174 Å². The summed E-state index contributed by atoms with van der Waals surface area (Å²) in [6.07, 6.45) is 0.236. The van der Waals surface area contributed by atoms with Crippen molar-refractivity contribution in [2.24, 2.45) is 0 Å². The number of nitrogens with zero attached hydrogens (tertiary/aromatic N) is 1. The Hall–Kier alpha value is -3.61. The van der Waals surface area contributed by atoms with Crippen molar-refractivity contribution >= 4 is 23.3 Å². The third-order valence-corrected chi connectivity index (χ3v) is 4.91. The van der Waals surface area contributed by atoms with Gasteiger partial charge in [0.2, 0.25) is 0 Å². The summed E-state index contributed by atoms with van der Waals surface area (Å²) in [6.45, 7) is 3.69. The molecule has 3 rings (SSSR count). The number of aromatic hydroxyl groups is 1. The summed E-state index contributed by atoms with van der Waals surface area (Å²) in [6, 6.07) is 12.0. The van der Waals surface area contributed by atoms with Gasteiger partial charge in [0.1, 0.15) is 5.75 Å². The van der Waals surface area contributed by atoms with Gasteiger partial charge in [-0.1, -0.05) is 31.2 Å². The molecule has 0 spiro atoms. The average Bonchev–Trinajstić information content (AvgIpc) is 3.00. The molecule has 7 heteroatoms. The number of hydrogen-bond acceptors (Lipinski definition) is 6. The standard InChI is InChI=1S/C23H23NO6/c1-3-18(26)20-21(15-7-11-17(25)12-8-15)24(23(29)22(20)28)16-9-5-14(6-10-16)13-19(27)30-4-2/h5-12,21,25,28H,3-4,13H2,1-2H3. The summed E-state index contributed by atoms with van der Waals surface area (Å²) in [4.78, 5) is 38.4. The van der Waals surface area contributed by atoms with Gasteiger partial charge in [0, 0.05) is 12.1 Å². The molecule has 156 valence electrons. The number of esters is 1. The van der Waals surface area contributed by atoms with Crippen LogP contribution in [0.15, 0.2) is 59.9 Å². The summed E-state index contributed by atoms with van der Waals surface area (Å²) in [5.41, 5.74) is 1.80. The maximum atomic E-state index is 12.9. The van der Waals surface area contributed by atoms with E-state index in [0.717, 1.165) is 0 Å². The Kier molecular flexibility index (Phi) is 6.20. The van der Waals surface area contributed by atoms with Gasteiger partial charge in [0.05, 0.1) is 24.6 Å². The number of phenolic OH excluding ortho intramolecular Hbond substituents is 1. The van der Waals surface area contributed by atoms with Crippen LogP contribution in [0.25, 0.3) is 0 Å². The number of carbonyl (C=O) groups excluding carboxylic acids is 3. The van der Waals surface area contributed by atoms with Crippen LogP contribution in [0.5, 0.6) is 5.75 Å². The maximum absolute atomic E-state index is 12.9. The van der Waals surface area contributed by atoms with Gasteiger partial charge in [-0.3, -0.25) is 19.3 Å². The van der Waals surface area contributed by atoms with E-state index in [2.05, 4.69) is 0 Å². The molecule has 1 heterocycles. The van der Waals surface area contributed by atoms with Gasteiger partial charge in [-0.25, -0.2) is 0 Å². The van der Waals surface area contributed by atoms with Crippen molar-refractivity contribution < 1.29 is 29.3 Å². The molecule has 0 bridgehead atoms. The first-order chi connectivity index (χ1) is 14.4. The first-order valence-corrected chi connectivity index (χ1v) is 9.70. The zero-order valence-corrected chi connectivity index (χ0v) is 16.8. The summed E-state index contributed by atoms with van der Waals surface area (Å²) in [7, 11) is 0. The predicted molar refractivity (Wildman–Crippen MR) is 110 cm³/mol. The number of rotatable bonds is 7. The van der Waals surface area contributed by atoms with Crippen LogP contribution in [0, 0.1) is 0 Å². The van der Waals surface area contributed by atoms with E-state index >= 15 is 0 Å². The summed E-state index contributed by atoms with van der Waals surface area (Å²) in [5, 5.41) is 20.1. The fourth-order valence-corrected chi connectivity index (χ4v) is 3.47. The lowest BCUT2D eigenvalue weighted by atomic mass is 9.94. The summed E-state index contributed by atoms with van der Waals surface area (Å²) < 4.78 is 4.94. The van der Waals surface area contributed by atoms with Gasteiger partial charge in [0.15, 0.2) is 11.5 Å². The number of carbonyl (C=O) groups is 3. The molecule has 0 aliphatic carbocycles. The zero-order chi connectivity index (χ0) is 21.8. The lowest BCUT2D eigenvalue weighted by molar-refractivity contribution is -0.142. The minimum absolute atomic E-state index is 0.0313. The van der Waals surface area contributed by atoms with E-state index in [1.807, 2.05) is 0 Å². The van der Waals surface area contributed by atoms with Gasteiger partial charge in [0.25, 0.3) is 5.91 Å². The number of benzene rings is 2. The predicted octanol–water partition coefficient (Wildman–Crippen LogP) is 3.38.